The summed E-state index contributed by atoms with van der Waals surface area (Å²) in [7, 11) is 0. The maximum Gasteiger partial charge on any atom is 0.0568 e. The summed E-state index contributed by atoms with van der Waals surface area (Å²) >= 11 is 1.90. The molecule has 112 valence electrons. The van der Waals surface area contributed by atoms with Crippen LogP contribution in [0.4, 0.5) is 0 Å². The summed E-state index contributed by atoms with van der Waals surface area (Å²) in [6.45, 7) is 8.57. The molecule has 0 bridgehead atoms. The molecule has 0 aromatic carbocycles. The van der Waals surface area contributed by atoms with Crippen molar-refractivity contribution in [2.24, 2.45) is 5.73 Å². The fraction of sp³-hybridized carbons (Fsp3) is 0.750. The molecule has 0 spiro atoms. The summed E-state index contributed by atoms with van der Waals surface area (Å²) in [5, 5.41) is 2.23. The normalized spacial score (nSPS) is 38.7. The van der Waals surface area contributed by atoms with Crippen LogP contribution in [-0.2, 0) is 11.2 Å². The van der Waals surface area contributed by atoms with Gasteiger partial charge in [0, 0.05) is 29.5 Å². The third kappa shape index (κ3) is 2.33. The van der Waals surface area contributed by atoms with Gasteiger partial charge in [0.1, 0.15) is 0 Å². The van der Waals surface area contributed by atoms with Crippen LogP contribution in [0.5, 0.6) is 0 Å². The van der Waals surface area contributed by atoms with Crippen LogP contribution in [0.2, 0.25) is 0 Å². The Morgan fingerprint density at radius 3 is 2.70 bits per heavy atom. The van der Waals surface area contributed by atoms with Crippen molar-refractivity contribution in [2.45, 2.75) is 63.8 Å². The number of ether oxygens (including phenoxy) is 1. The first-order valence-corrected chi connectivity index (χ1v) is 8.62. The van der Waals surface area contributed by atoms with E-state index >= 15 is 0 Å². The Balaban J connectivity index is 1.90. The van der Waals surface area contributed by atoms with E-state index < -0.39 is 0 Å². The molecule has 3 nitrogen and oxygen atoms in total. The van der Waals surface area contributed by atoms with Crippen LogP contribution < -0.4 is 5.73 Å². The van der Waals surface area contributed by atoms with E-state index in [4.69, 9.17) is 10.5 Å². The molecule has 4 heteroatoms. The summed E-state index contributed by atoms with van der Waals surface area (Å²) in [6, 6.07) is 2.78. The van der Waals surface area contributed by atoms with Crippen molar-refractivity contribution in [3.8, 4) is 0 Å². The van der Waals surface area contributed by atoms with E-state index in [2.05, 4.69) is 37.1 Å². The second-order valence-electron chi connectivity index (χ2n) is 6.51. The lowest BCUT2D eigenvalue weighted by Crippen LogP contribution is -2.61. The number of nitrogens with two attached hydrogens (primary N) is 1. The van der Waals surface area contributed by atoms with Gasteiger partial charge in [0.05, 0.1) is 12.2 Å². The van der Waals surface area contributed by atoms with Crippen LogP contribution >= 0.6 is 11.3 Å². The van der Waals surface area contributed by atoms with E-state index in [0.717, 1.165) is 25.9 Å². The molecule has 1 aromatic rings. The highest BCUT2D eigenvalue weighted by molar-refractivity contribution is 7.10. The molecule has 3 rings (SSSR count). The van der Waals surface area contributed by atoms with Gasteiger partial charge in [-0.05, 0) is 57.0 Å². The Morgan fingerprint density at radius 2 is 2.05 bits per heavy atom. The summed E-state index contributed by atoms with van der Waals surface area (Å²) in [5.41, 5.74) is 7.88. The van der Waals surface area contributed by atoms with Crippen LogP contribution in [0.3, 0.4) is 0 Å². The fourth-order valence-corrected chi connectivity index (χ4v) is 5.28. The van der Waals surface area contributed by atoms with Crippen LogP contribution in [0.1, 0.15) is 50.1 Å². The first kappa shape index (κ1) is 14.5. The number of thiophene rings is 1. The van der Waals surface area contributed by atoms with Gasteiger partial charge in [0.2, 0.25) is 0 Å². The minimum Gasteiger partial charge on any atom is -0.375 e. The molecule has 0 saturated carbocycles. The number of nitrogens with zero attached hydrogens (tertiary/aromatic N) is 1. The molecule has 3 unspecified atom stereocenters. The molecule has 1 fully saturated rings. The van der Waals surface area contributed by atoms with Crippen molar-refractivity contribution < 1.29 is 4.74 Å². The standard InChI is InChI=1S/C16H26N2OS/c1-11-8-16(10-17,9-12(2)19-11)18-6-4-15-14(13(18)3)5-7-20-15/h5,7,11-13H,4,6,8-10,17H2,1-3H3. The number of hydrogen-bond acceptors (Lipinski definition) is 4. The van der Waals surface area contributed by atoms with Gasteiger partial charge in [-0.1, -0.05) is 0 Å². The molecule has 2 N–H and O–H groups in total. The van der Waals surface area contributed by atoms with Gasteiger partial charge in [0.25, 0.3) is 0 Å². The minimum atomic E-state index is 0.107. The minimum absolute atomic E-state index is 0.107. The Hall–Kier alpha value is -0.420. The van der Waals surface area contributed by atoms with Gasteiger partial charge >= 0.3 is 0 Å². The van der Waals surface area contributed by atoms with Crippen LogP contribution in [-0.4, -0.2) is 35.7 Å². The zero-order chi connectivity index (χ0) is 14.3. The average molecular weight is 294 g/mol. The number of fused-ring (bicyclic) bond motifs is 1. The van der Waals surface area contributed by atoms with Crippen molar-refractivity contribution >= 4 is 11.3 Å². The van der Waals surface area contributed by atoms with E-state index in [1.165, 1.54) is 12.0 Å². The topological polar surface area (TPSA) is 38.5 Å². The lowest BCUT2D eigenvalue weighted by Gasteiger charge is -2.53. The first-order chi connectivity index (χ1) is 9.55. The maximum atomic E-state index is 6.26. The molecule has 2 aliphatic heterocycles. The molecule has 1 saturated heterocycles. The summed E-state index contributed by atoms with van der Waals surface area (Å²) in [6.07, 6.45) is 3.88. The van der Waals surface area contributed by atoms with Crippen LogP contribution in [0.15, 0.2) is 11.4 Å². The predicted molar refractivity (Wildman–Crippen MR) is 84.2 cm³/mol. The molecule has 0 aliphatic carbocycles. The van der Waals surface area contributed by atoms with E-state index in [1.807, 2.05) is 11.3 Å². The first-order valence-electron chi connectivity index (χ1n) is 7.74. The van der Waals surface area contributed by atoms with Gasteiger partial charge in [0.15, 0.2) is 0 Å². The van der Waals surface area contributed by atoms with Crippen molar-refractivity contribution in [3.05, 3.63) is 21.9 Å². The second kappa shape index (κ2) is 5.41. The zero-order valence-electron chi connectivity index (χ0n) is 12.8. The molecular formula is C16H26N2OS. The largest absolute Gasteiger partial charge is 0.375 e. The second-order valence-corrected chi connectivity index (χ2v) is 7.51. The number of rotatable bonds is 2. The lowest BCUT2D eigenvalue weighted by atomic mass is 9.80. The van der Waals surface area contributed by atoms with Crippen molar-refractivity contribution in [1.82, 2.24) is 4.90 Å². The summed E-state index contributed by atoms with van der Waals surface area (Å²) < 4.78 is 5.94. The Labute approximate surface area is 126 Å². The monoisotopic (exact) mass is 294 g/mol. The highest BCUT2D eigenvalue weighted by atomic mass is 32.1. The highest BCUT2D eigenvalue weighted by Crippen LogP contribution is 2.42. The highest BCUT2D eigenvalue weighted by Gasteiger charge is 2.45. The SMILES string of the molecule is CC1CC(CN)(N2CCc3sccc3C2C)CC(C)O1. The van der Waals surface area contributed by atoms with E-state index in [1.54, 1.807) is 4.88 Å². The van der Waals surface area contributed by atoms with E-state index in [0.29, 0.717) is 18.2 Å². The van der Waals surface area contributed by atoms with Crippen molar-refractivity contribution in [2.75, 3.05) is 13.1 Å². The molecule has 0 amide bonds. The lowest BCUT2D eigenvalue weighted by molar-refractivity contribution is -0.113. The molecule has 0 radical (unpaired) electrons. The summed E-state index contributed by atoms with van der Waals surface area (Å²) in [5.74, 6) is 0. The molecule has 2 aliphatic rings. The number of hydrogen-bond donors (Lipinski definition) is 1. The van der Waals surface area contributed by atoms with E-state index in [9.17, 15) is 0 Å². The fourth-order valence-electron chi connectivity index (χ4n) is 4.32. The Morgan fingerprint density at radius 1 is 1.35 bits per heavy atom. The average Bonchev–Trinajstić information content (AvgIpc) is 2.87. The molecule has 20 heavy (non-hydrogen) atoms. The third-order valence-electron chi connectivity index (χ3n) is 5.07. The van der Waals surface area contributed by atoms with Gasteiger partial charge < -0.3 is 10.5 Å². The van der Waals surface area contributed by atoms with E-state index in [-0.39, 0.29) is 5.54 Å². The Kier molecular flexibility index (Phi) is 3.93. The van der Waals surface area contributed by atoms with Gasteiger partial charge in [-0.15, -0.1) is 11.3 Å². The molecular weight excluding hydrogens is 268 g/mol. The maximum absolute atomic E-state index is 6.26. The van der Waals surface area contributed by atoms with Gasteiger partial charge in [-0.3, -0.25) is 4.90 Å². The zero-order valence-corrected chi connectivity index (χ0v) is 13.6. The van der Waals surface area contributed by atoms with Crippen molar-refractivity contribution in [3.63, 3.8) is 0 Å². The Bertz CT molecular complexity index is 463. The summed E-state index contributed by atoms with van der Waals surface area (Å²) in [4.78, 5) is 4.23. The quantitative estimate of drug-likeness (QED) is 0.911. The third-order valence-corrected chi connectivity index (χ3v) is 6.06. The smallest absolute Gasteiger partial charge is 0.0568 e. The van der Waals surface area contributed by atoms with Crippen LogP contribution in [0.25, 0.3) is 0 Å². The van der Waals surface area contributed by atoms with Crippen LogP contribution in [0, 0.1) is 0 Å². The van der Waals surface area contributed by atoms with Gasteiger partial charge in [-0.25, -0.2) is 0 Å². The molecule has 1 aromatic heterocycles. The molecule has 3 atom stereocenters. The predicted octanol–water partition coefficient (Wildman–Crippen LogP) is 2.95. The van der Waals surface area contributed by atoms with Gasteiger partial charge in [-0.2, -0.15) is 0 Å². The van der Waals surface area contributed by atoms with Crippen molar-refractivity contribution in [1.29, 1.82) is 0 Å². The molecule has 3 heterocycles.